The van der Waals surface area contributed by atoms with Gasteiger partial charge in [-0.1, -0.05) is 6.07 Å². The Morgan fingerprint density at radius 2 is 2.33 bits per heavy atom. The first kappa shape index (κ1) is 9.92. The van der Waals surface area contributed by atoms with E-state index in [0.717, 1.165) is 4.47 Å². The number of aromatic nitrogens is 2. The normalized spacial score (nSPS) is 9.93. The van der Waals surface area contributed by atoms with E-state index in [1.54, 1.807) is 30.6 Å². The predicted molar refractivity (Wildman–Crippen MR) is 60.7 cm³/mol. The molecule has 2 N–H and O–H groups in total. The molecule has 0 aromatic carbocycles. The second kappa shape index (κ2) is 4.27. The Balaban J connectivity index is 2.11. The summed E-state index contributed by atoms with van der Waals surface area (Å²) in [6, 6.07) is 7.04. The van der Waals surface area contributed by atoms with Gasteiger partial charge in [0.2, 0.25) is 0 Å². The van der Waals surface area contributed by atoms with E-state index in [0.29, 0.717) is 11.5 Å². The first-order chi connectivity index (χ1) is 7.25. The third kappa shape index (κ3) is 2.44. The molecule has 0 aliphatic carbocycles. The van der Waals surface area contributed by atoms with Crippen LogP contribution in [0.4, 0.5) is 5.82 Å². The van der Waals surface area contributed by atoms with Gasteiger partial charge >= 0.3 is 0 Å². The van der Waals surface area contributed by atoms with Crippen LogP contribution in [0, 0.1) is 0 Å². The third-order valence-corrected chi connectivity index (χ3v) is 2.26. The summed E-state index contributed by atoms with van der Waals surface area (Å²) < 4.78 is 0.841. The molecule has 0 saturated heterocycles. The lowest BCUT2D eigenvalue weighted by Gasteiger charge is -2.01. The molecule has 2 aromatic heterocycles. The Hall–Kier alpha value is -1.62. The molecule has 0 aliphatic rings. The minimum Gasteiger partial charge on any atom is -0.356 e. The van der Waals surface area contributed by atoms with E-state index in [1.807, 2.05) is 6.07 Å². The van der Waals surface area contributed by atoms with Crippen molar-refractivity contribution in [3.63, 3.8) is 0 Å². The number of aromatic amines is 1. The molecular weight excluding hydrogens is 258 g/mol. The lowest BCUT2D eigenvalue weighted by molar-refractivity contribution is 0.102. The molecule has 5 heteroatoms. The van der Waals surface area contributed by atoms with Crippen LogP contribution in [0.1, 0.15) is 10.5 Å². The van der Waals surface area contributed by atoms with Crippen molar-refractivity contribution in [2.45, 2.75) is 0 Å². The van der Waals surface area contributed by atoms with Crippen LogP contribution in [-0.2, 0) is 0 Å². The third-order valence-electron chi connectivity index (χ3n) is 1.80. The summed E-state index contributed by atoms with van der Waals surface area (Å²) in [5, 5.41) is 2.67. The van der Waals surface area contributed by atoms with Crippen LogP contribution in [0.25, 0.3) is 0 Å². The Kier molecular flexibility index (Phi) is 2.82. The highest BCUT2D eigenvalue weighted by molar-refractivity contribution is 9.10. The average Bonchev–Trinajstić information content (AvgIpc) is 2.66. The lowest BCUT2D eigenvalue weighted by Crippen LogP contribution is -2.12. The van der Waals surface area contributed by atoms with Gasteiger partial charge in [0.1, 0.15) is 11.5 Å². The molecule has 0 aliphatic heterocycles. The summed E-state index contributed by atoms with van der Waals surface area (Å²) in [6.45, 7) is 0. The van der Waals surface area contributed by atoms with Crippen LogP contribution in [0.15, 0.2) is 41.1 Å². The number of pyridine rings is 1. The van der Waals surface area contributed by atoms with Crippen LogP contribution in [-0.4, -0.2) is 15.9 Å². The van der Waals surface area contributed by atoms with Gasteiger partial charge in [-0.3, -0.25) is 4.79 Å². The van der Waals surface area contributed by atoms with Crippen molar-refractivity contribution in [1.29, 1.82) is 0 Å². The zero-order valence-electron chi connectivity index (χ0n) is 7.70. The number of amides is 1. The molecule has 76 valence electrons. The van der Waals surface area contributed by atoms with Gasteiger partial charge in [-0.2, -0.15) is 0 Å². The van der Waals surface area contributed by atoms with Crippen molar-refractivity contribution < 1.29 is 4.79 Å². The number of nitrogens with zero attached hydrogens (tertiary/aromatic N) is 1. The Morgan fingerprint density at radius 3 is 2.93 bits per heavy atom. The van der Waals surface area contributed by atoms with Crippen molar-refractivity contribution in [2.24, 2.45) is 0 Å². The average molecular weight is 266 g/mol. The molecule has 2 aromatic rings. The number of carbonyl (C=O) groups is 1. The lowest BCUT2D eigenvalue weighted by atomic mass is 10.4. The van der Waals surface area contributed by atoms with Crippen LogP contribution >= 0.6 is 15.9 Å². The summed E-state index contributed by atoms with van der Waals surface area (Å²) >= 11 is 3.26. The highest BCUT2D eigenvalue weighted by Crippen LogP contribution is 2.11. The summed E-state index contributed by atoms with van der Waals surface area (Å²) in [4.78, 5) is 18.5. The molecule has 0 unspecified atom stereocenters. The van der Waals surface area contributed by atoms with Gasteiger partial charge in [0.05, 0.1) is 0 Å². The first-order valence-electron chi connectivity index (χ1n) is 4.32. The molecule has 1 amide bonds. The molecule has 0 fully saturated rings. The zero-order valence-corrected chi connectivity index (χ0v) is 9.28. The number of halogens is 1. The Bertz CT molecular complexity index is 467. The quantitative estimate of drug-likeness (QED) is 0.877. The molecule has 4 nitrogen and oxygen atoms in total. The molecule has 0 saturated carbocycles. The van der Waals surface area contributed by atoms with E-state index in [4.69, 9.17) is 0 Å². The minimum atomic E-state index is -0.209. The number of nitrogens with one attached hydrogen (secondary N) is 2. The largest absolute Gasteiger partial charge is 0.356 e. The second-order valence-corrected chi connectivity index (χ2v) is 3.82. The Labute approximate surface area is 94.9 Å². The number of H-pyrrole nitrogens is 1. The monoisotopic (exact) mass is 265 g/mol. The van der Waals surface area contributed by atoms with Crippen LogP contribution < -0.4 is 5.32 Å². The minimum absolute atomic E-state index is 0.209. The topological polar surface area (TPSA) is 57.8 Å². The van der Waals surface area contributed by atoms with Gasteiger partial charge < -0.3 is 10.3 Å². The van der Waals surface area contributed by atoms with Crippen molar-refractivity contribution in [2.75, 3.05) is 5.32 Å². The van der Waals surface area contributed by atoms with Crippen LogP contribution in [0.2, 0.25) is 0 Å². The maximum Gasteiger partial charge on any atom is 0.273 e. The van der Waals surface area contributed by atoms with E-state index in [-0.39, 0.29) is 5.91 Å². The van der Waals surface area contributed by atoms with Crippen molar-refractivity contribution in [1.82, 2.24) is 9.97 Å². The molecule has 0 spiro atoms. The molecule has 0 atom stereocenters. The summed E-state index contributed by atoms with van der Waals surface area (Å²) in [7, 11) is 0. The number of hydrogen-bond donors (Lipinski definition) is 2. The zero-order chi connectivity index (χ0) is 10.7. The van der Waals surface area contributed by atoms with Gasteiger partial charge in [0.15, 0.2) is 0 Å². The standard InChI is InChI=1S/C10H8BrN3O/c11-7-5-8(13-6-7)10(15)14-9-3-1-2-4-12-9/h1-6,13H,(H,12,14,15). The molecule has 2 rings (SSSR count). The number of anilines is 1. The fraction of sp³-hybridized carbons (Fsp3) is 0. The highest BCUT2D eigenvalue weighted by Gasteiger charge is 2.07. The number of rotatable bonds is 2. The van der Waals surface area contributed by atoms with Gasteiger partial charge in [-0.15, -0.1) is 0 Å². The fourth-order valence-corrected chi connectivity index (χ4v) is 1.46. The van der Waals surface area contributed by atoms with E-state index >= 15 is 0 Å². The molecule has 15 heavy (non-hydrogen) atoms. The Morgan fingerprint density at radius 1 is 1.47 bits per heavy atom. The van der Waals surface area contributed by atoms with E-state index < -0.39 is 0 Å². The number of hydrogen-bond acceptors (Lipinski definition) is 2. The molecule has 2 heterocycles. The van der Waals surface area contributed by atoms with Crippen molar-refractivity contribution in [3.8, 4) is 0 Å². The summed E-state index contributed by atoms with van der Waals surface area (Å²) in [5.74, 6) is 0.327. The SMILES string of the molecule is O=C(Nc1ccccn1)c1cc(Br)c[nH]1. The van der Waals surface area contributed by atoms with Gasteiger partial charge in [0, 0.05) is 16.9 Å². The van der Waals surface area contributed by atoms with E-state index in [1.165, 1.54) is 0 Å². The molecular formula is C10H8BrN3O. The van der Waals surface area contributed by atoms with Crippen LogP contribution in [0.5, 0.6) is 0 Å². The maximum absolute atomic E-state index is 11.6. The second-order valence-electron chi connectivity index (χ2n) is 2.90. The molecule has 0 bridgehead atoms. The fourth-order valence-electron chi connectivity index (χ4n) is 1.12. The predicted octanol–water partition coefficient (Wildman–Crippen LogP) is 2.42. The van der Waals surface area contributed by atoms with E-state index in [9.17, 15) is 4.79 Å². The summed E-state index contributed by atoms with van der Waals surface area (Å²) in [6.07, 6.45) is 3.33. The van der Waals surface area contributed by atoms with E-state index in [2.05, 4.69) is 31.2 Å². The van der Waals surface area contributed by atoms with Gasteiger partial charge in [-0.05, 0) is 34.1 Å². The first-order valence-corrected chi connectivity index (χ1v) is 5.11. The summed E-state index contributed by atoms with van der Waals surface area (Å²) in [5.41, 5.74) is 0.493. The smallest absolute Gasteiger partial charge is 0.273 e. The molecule has 0 radical (unpaired) electrons. The van der Waals surface area contributed by atoms with Crippen molar-refractivity contribution >= 4 is 27.7 Å². The van der Waals surface area contributed by atoms with Gasteiger partial charge in [0.25, 0.3) is 5.91 Å². The maximum atomic E-state index is 11.6. The highest BCUT2D eigenvalue weighted by atomic mass is 79.9. The number of carbonyl (C=O) groups excluding carboxylic acids is 1. The van der Waals surface area contributed by atoms with Crippen molar-refractivity contribution in [3.05, 3.63) is 46.8 Å². The van der Waals surface area contributed by atoms with Crippen LogP contribution in [0.3, 0.4) is 0 Å². The van der Waals surface area contributed by atoms with Gasteiger partial charge in [-0.25, -0.2) is 4.98 Å².